The lowest BCUT2D eigenvalue weighted by Gasteiger charge is -2.15. The van der Waals surface area contributed by atoms with E-state index in [1.165, 1.54) is 0 Å². The summed E-state index contributed by atoms with van der Waals surface area (Å²) in [5, 5.41) is 12.2. The van der Waals surface area contributed by atoms with Gasteiger partial charge in [-0.15, -0.1) is 0 Å². The first-order chi connectivity index (χ1) is 16.5. The molecule has 8 heteroatoms. The highest BCUT2D eigenvalue weighted by Gasteiger charge is 2.22. The maximum atomic E-state index is 13.7. The monoisotopic (exact) mass is 491 g/mol. The maximum Gasteiger partial charge on any atom is 0.354 e. The molecule has 34 heavy (non-hydrogen) atoms. The zero-order chi connectivity index (χ0) is 23.8. The minimum absolute atomic E-state index is 0.0512. The summed E-state index contributed by atoms with van der Waals surface area (Å²) < 4.78 is 12.6. The van der Waals surface area contributed by atoms with Crippen LogP contribution in [0.15, 0.2) is 96.6 Å². The number of aromatic hydroxyl groups is 1. The number of para-hydroxylation sites is 2. The van der Waals surface area contributed by atoms with Crippen LogP contribution in [0.5, 0.6) is 11.5 Å². The molecule has 0 saturated carbocycles. The standard InChI is InChI=1S/C26H18ClNO5S/c1-32-20-9-5-2-6-15(20)14-28-19-8-4-3-7-18(19)23-21(25(28)30)22(29)24(26(31)33-23)34-17-12-10-16(27)11-13-17/h2-13,29H,14H2,1H3. The van der Waals surface area contributed by atoms with Gasteiger partial charge < -0.3 is 18.8 Å². The van der Waals surface area contributed by atoms with Crippen molar-refractivity contribution >= 4 is 45.2 Å². The molecular weight excluding hydrogens is 474 g/mol. The van der Waals surface area contributed by atoms with Gasteiger partial charge in [0.15, 0.2) is 11.3 Å². The van der Waals surface area contributed by atoms with Gasteiger partial charge in [0, 0.05) is 20.9 Å². The van der Waals surface area contributed by atoms with Crippen molar-refractivity contribution < 1.29 is 14.3 Å². The quantitative estimate of drug-likeness (QED) is 0.319. The molecule has 0 radical (unpaired) electrons. The molecule has 1 N–H and O–H groups in total. The third kappa shape index (κ3) is 3.83. The minimum Gasteiger partial charge on any atom is -0.505 e. The lowest BCUT2D eigenvalue weighted by atomic mass is 10.1. The molecule has 3 aromatic carbocycles. The van der Waals surface area contributed by atoms with Crippen molar-refractivity contribution in [2.75, 3.05) is 7.11 Å². The highest BCUT2D eigenvalue weighted by Crippen LogP contribution is 2.37. The van der Waals surface area contributed by atoms with Gasteiger partial charge in [0.05, 0.1) is 19.2 Å². The molecular formula is C26H18ClNO5S. The Balaban J connectivity index is 1.77. The van der Waals surface area contributed by atoms with Crippen LogP contribution < -0.4 is 15.9 Å². The van der Waals surface area contributed by atoms with E-state index in [2.05, 4.69) is 0 Å². The molecule has 0 aliphatic carbocycles. The number of aromatic nitrogens is 1. The van der Waals surface area contributed by atoms with Gasteiger partial charge in [0.1, 0.15) is 16.0 Å². The van der Waals surface area contributed by atoms with E-state index in [-0.39, 0.29) is 22.4 Å². The zero-order valence-electron chi connectivity index (χ0n) is 17.9. The van der Waals surface area contributed by atoms with Gasteiger partial charge in [0.2, 0.25) is 0 Å². The van der Waals surface area contributed by atoms with E-state index >= 15 is 0 Å². The molecule has 0 amide bonds. The molecule has 5 aromatic rings. The molecule has 170 valence electrons. The molecule has 0 saturated heterocycles. The molecule has 0 aliphatic heterocycles. The number of halogens is 1. The Hall–Kier alpha value is -3.68. The van der Waals surface area contributed by atoms with E-state index in [1.807, 2.05) is 24.3 Å². The normalized spacial score (nSPS) is 11.2. The maximum absolute atomic E-state index is 13.7. The summed E-state index contributed by atoms with van der Waals surface area (Å²) in [6, 6.07) is 21.3. The van der Waals surface area contributed by atoms with E-state index in [0.717, 1.165) is 17.3 Å². The average molecular weight is 492 g/mol. The van der Waals surface area contributed by atoms with Crippen molar-refractivity contribution in [2.45, 2.75) is 16.3 Å². The summed E-state index contributed by atoms with van der Waals surface area (Å²) in [6.07, 6.45) is 0. The van der Waals surface area contributed by atoms with Crippen molar-refractivity contribution in [2.24, 2.45) is 0 Å². The first-order valence-corrected chi connectivity index (χ1v) is 11.5. The van der Waals surface area contributed by atoms with Crippen molar-refractivity contribution in [3.63, 3.8) is 0 Å². The number of benzene rings is 3. The number of hydrogen-bond acceptors (Lipinski definition) is 6. The second kappa shape index (κ2) is 8.93. The largest absolute Gasteiger partial charge is 0.505 e. The van der Waals surface area contributed by atoms with Crippen LogP contribution in [0.1, 0.15) is 5.56 Å². The molecule has 0 bridgehead atoms. The molecule has 0 spiro atoms. The van der Waals surface area contributed by atoms with Crippen LogP contribution in [-0.4, -0.2) is 16.8 Å². The van der Waals surface area contributed by atoms with Crippen molar-refractivity contribution in [3.8, 4) is 11.5 Å². The Morgan fingerprint density at radius 3 is 2.47 bits per heavy atom. The van der Waals surface area contributed by atoms with Gasteiger partial charge in [-0.1, -0.05) is 53.7 Å². The van der Waals surface area contributed by atoms with Gasteiger partial charge in [-0.25, -0.2) is 4.79 Å². The number of fused-ring (bicyclic) bond motifs is 3. The van der Waals surface area contributed by atoms with E-state index < -0.39 is 16.9 Å². The SMILES string of the molecule is COc1ccccc1Cn1c(=O)c2c(O)c(Sc3ccc(Cl)cc3)c(=O)oc2c2ccccc21. The topological polar surface area (TPSA) is 81.7 Å². The summed E-state index contributed by atoms with van der Waals surface area (Å²) in [7, 11) is 1.57. The molecule has 5 rings (SSSR count). The summed E-state index contributed by atoms with van der Waals surface area (Å²) in [4.78, 5) is 27.1. The van der Waals surface area contributed by atoms with Gasteiger partial charge >= 0.3 is 5.63 Å². The lowest BCUT2D eigenvalue weighted by Crippen LogP contribution is -2.23. The average Bonchev–Trinajstić information content (AvgIpc) is 2.85. The Kier molecular flexibility index (Phi) is 5.81. The van der Waals surface area contributed by atoms with Crippen LogP contribution in [0.25, 0.3) is 21.9 Å². The molecule has 0 fully saturated rings. The number of ether oxygens (including phenoxy) is 1. The second-order valence-corrected chi connectivity index (χ2v) is 9.07. The minimum atomic E-state index is -0.725. The molecule has 0 aliphatic rings. The highest BCUT2D eigenvalue weighted by atomic mass is 35.5. The summed E-state index contributed by atoms with van der Waals surface area (Å²) >= 11 is 6.96. The second-order valence-electron chi connectivity index (χ2n) is 7.55. The predicted octanol–water partition coefficient (Wildman–Crippen LogP) is 5.68. The van der Waals surface area contributed by atoms with Gasteiger partial charge in [-0.3, -0.25) is 4.79 Å². The van der Waals surface area contributed by atoms with E-state index in [1.54, 1.807) is 60.2 Å². The lowest BCUT2D eigenvalue weighted by molar-refractivity contribution is 0.408. The van der Waals surface area contributed by atoms with E-state index in [4.69, 9.17) is 20.8 Å². The fourth-order valence-corrected chi connectivity index (χ4v) is 4.87. The predicted molar refractivity (Wildman–Crippen MR) is 134 cm³/mol. The van der Waals surface area contributed by atoms with Crippen LogP contribution in [0.2, 0.25) is 5.02 Å². The first kappa shape index (κ1) is 22.1. The Morgan fingerprint density at radius 1 is 1.00 bits per heavy atom. The fraction of sp³-hybridized carbons (Fsp3) is 0.0769. The van der Waals surface area contributed by atoms with Crippen LogP contribution >= 0.6 is 23.4 Å². The third-order valence-corrected chi connectivity index (χ3v) is 6.84. The Morgan fingerprint density at radius 2 is 1.71 bits per heavy atom. The number of methoxy groups -OCH3 is 1. The number of rotatable bonds is 5. The van der Waals surface area contributed by atoms with Gasteiger partial charge in [0.25, 0.3) is 5.56 Å². The molecule has 0 unspecified atom stereocenters. The molecule has 0 atom stereocenters. The molecule has 2 aromatic heterocycles. The molecule has 2 heterocycles. The van der Waals surface area contributed by atoms with Crippen molar-refractivity contribution in [1.82, 2.24) is 4.57 Å². The van der Waals surface area contributed by atoms with Gasteiger partial charge in [-0.05, 0) is 42.5 Å². The van der Waals surface area contributed by atoms with Crippen LogP contribution in [0.3, 0.4) is 0 Å². The Bertz CT molecular complexity index is 1660. The summed E-state index contributed by atoms with van der Waals surface area (Å²) in [5.74, 6) is 0.233. The van der Waals surface area contributed by atoms with Crippen LogP contribution in [0, 0.1) is 0 Å². The first-order valence-electron chi connectivity index (χ1n) is 10.3. The van der Waals surface area contributed by atoms with E-state index in [0.29, 0.717) is 26.6 Å². The van der Waals surface area contributed by atoms with Crippen LogP contribution in [0.4, 0.5) is 0 Å². The number of nitrogens with zero attached hydrogens (tertiary/aromatic N) is 1. The number of hydrogen-bond donors (Lipinski definition) is 1. The Labute approximate surface area is 203 Å². The van der Waals surface area contributed by atoms with Crippen LogP contribution in [-0.2, 0) is 6.54 Å². The van der Waals surface area contributed by atoms with E-state index in [9.17, 15) is 14.7 Å². The number of pyridine rings is 1. The summed E-state index contributed by atoms with van der Waals surface area (Å²) in [6.45, 7) is 0.206. The van der Waals surface area contributed by atoms with Gasteiger partial charge in [-0.2, -0.15) is 0 Å². The smallest absolute Gasteiger partial charge is 0.354 e. The summed E-state index contributed by atoms with van der Waals surface area (Å²) in [5.41, 5.74) is 0.228. The zero-order valence-corrected chi connectivity index (χ0v) is 19.5. The van der Waals surface area contributed by atoms with Crippen molar-refractivity contribution in [1.29, 1.82) is 0 Å². The highest BCUT2D eigenvalue weighted by molar-refractivity contribution is 7.99. The van der Waals surface area contributed by atoms with Crippen molar-refractivity contribution in [3.05, 3.63) is 104 Å². The third-order valence-electron chi connectivity index (χ3n) is 5.51. The fourth-order valence-electron chi connectivity index (χ4n) is 3.91. The molecule has 6 nitrogen and oxygen atoms in total.